The number of benzene rings is 1. The van der Waals surface area contributed by atoms with Crippen LogP contribution in [0.15, 0.2) is 16.7 Å². The molecule has 0 aliphatic heterocycles. The van der Waals surface area contributed by atoms with Crippen molar-refractivity contribution in [1.82, 2.24) is 10.2 Å². The molecule has 0 saturated heterocycles. The lowest BCUT2D eigenvalue weighted by Crippen LogP contribution is -1.82. The van der Waals surface area contributed by atoms with Crippen molar-refractivity contribution in [3.63, 3.8) is 0 Å². The zero-order chi connectivity index (χ0) is 8.72. The van der Waals surface area contributed by atoms with E-state index in [9.17, 15) is 0 Å². The Morgan fingerprint density at radius 1 is 1.33 bits per heavy atom. The zero-order valence-electron chi connectivity index (χ0n) is 6.98. The Kier molecular flexibility index (Phi) is 1.68. The molecule has 1 aromatic carbocycles. The second-order valence-corrected chi connectivity index (χ2v) is 3.78. The van der Waals surface area contributed by atoms with Crippen molar-refractivity contribution >= 4 is 26.8 Å². The minimum atomic E-state index is 1.12. The first-order valence-corrected chi connectivity index (χ1v) is 4.58. The van der Waals surface area contributed by atoms with Gasteiger partial charge in [0.2, 0.25) is 0 Å². The number of H-pyrrole nitrogens is 1. The molecule has 0 aliphatic rings. The van der Waals surface area contributed by atoms with Crippen molar-refractivity contribution in [2.24, 2.45) is 0 Å². The van der Waals surface area contributed by atoms with Gasteiger partial charge in [0.25, 0.3) is 0 Å². The fraction of sp³-hybridized carbons (Fsp3) is 0.222. The Morgan fingerprint density at radius 2 is 2.08 bits per heavy atom. The van der Waals surface area contributed by atoms with E-state index in [0.29, 0.717) is 0 Å². The summed E-state index contributed by atoms with van der Waals surface area (Å²) >= 11 is 3.53. The molecule has 2 nitrogen and oxygen atoms in total. The van der Waals surface area contributed by atoms with E-state index in [0.717, 1.165) is 15.4 Å². The molecular formula is C9H9BrN2. The summed E-state index contributed by atoms with van der Waals surface area (Å²) < 4.78 is 1.14. The molecule has 0 aliphatic carbocycles. The summed E-state index contributed by atoms with van der Waals surface area (Å²) in [7, 11) is 0. The number of nitrogens with zero attached hydrogens (tertiary/aromatic N) is 1. The van der Waals surface area contributed by atoms with Crippen LogP contribution in [0.3, 0.4) is 0 Å². The molecule has 0 fully saturated rings. The lowest BCUT2D eigenvalue weighted by Gasteiger charge is -2.01. The van der Waals surface area contributed by atoms with Crippen LogP contribution in [0.5, 0.6) is 0 Å². The number of aromatic nitrogens is 2. The van der Waals surface area contributed by atoms with Crippen molar-refractivity contribution in [3.8, 4) is 0 Å². The van der Waals surface area contributed by atoms with Crippen LogP contribution in [0.25, 0.3) is 10.9 Å². The highest BCUT2D eigenvalue weighted by molar-refractivity contribution is 9.10. The van der Waals surface area contributed by atoms with E-state index in [4.69, 9.17) is 0 Å². The van der Waals surface area contributed by atoms with E-state index in [1.54, 1.807) is 0 Å². The quantitative estimate of drug-likeness (QED) is 0.733. The van der Waals surface area contributed by atoms with Crippen LogP contribution in [-0.2, 0) is 0 Å². The summed E-state index contributed by atoms with van der Waals surface area (Å²) in [4.78, 5) is 0. The average molecular weight is 225 g/mol. The Balaban J connectivity index is 2.97. The third-order valence-electron chi connectivity index (χ3n) is 2.05. The summed E-state index contributed by atoms with van der Waals surface area (Å²) in [5, 5.41) is 8.14. The fourth-order valence-electron chi connectivity index (χ4n) is 1.43. The van der Waals surface area contributed by atoms with Gasteiger partial charge in [0.05, 0.1) is 11.7 Å². The molecule has 12 heavy (non-hydrogen) atoms. The van der Waals surface area contributed by atoms with Crippen molar-refractivity contribution in [2.75, 3.05) is 0 Å². The second-order valence-electron chi connectivity index (χ2n) is 2.98. The number of halogens is 1. The molecule has 2 aromatic rings. The van der Waals surface area contributed by atoms with Crippen LogP contribution in [-0.4, -0.2) is 10.2 Å². The van der Waals surface area contributed by atoms with Gasteiger partial charge in [-0.25, -0.2) is 0 Å². The molecule has 62 valence electrons. The van der Waals surface area contributed by atoms with Crippen molar-refractivity contribution < 1.29 is 0 Å². The molecule has 0 radical (unpaired) electrons. The van der Waals surface area contributed by atoms with Gasteiger partial charge in [0.15, 0.2) is 0 Å². The van der Waals surface area contributed by atoms with Crippen LogP contribution in [0.1, 0.15) is 11.1 Å². The number of hydrogen-bond acceptors (Lipinski definition) is 1. The highest BCUT2D eigenvalue weighted by atomic mass is 79.9. The van der Waals surface area contributed by atoms with E-state index in [1.165, 1.54) is 11.1 Å². The van der Waals surface area contributed by atoms with Crippen molar-refractivity contribution in [3.05, 3.63) is 27.9 Å². The van der Waals surface area contributed by atoms with Gasteiger partial charge >= 0.3 is 0 Å². The highest BCUT2D eigenvalue weighted by Crippen LogP contribution is 2.28. The van der Waals surface area contributed by atoms with E-state index in [1.807, 2.05) is 6.20 Å². The first kappa shape index (κ1) is 7.80. The van der Waals surface area contributed by atoms with Gasteiger partial charge in [-0.1, -0.05) is 6.07 Å². The topological polar surface area (TPSA) is 28.7 Å². The highest BCUT2D eigenvalue weighted by Gasteiger charge is 2.05. The summed E-state index contributed by atoms with van der Waals surface area (Å²) in [5.41, 5.74) is 3.61. The predicted octanol–water partition coefficient (Wildman–Crippen LogP) is 2.94. The zero-order valence-corrected chi connectivity index (χ0v) is 8.57. The van der Waals surface area contributed by atoms with Crippen LogP contribution >= 0.6 is 15.9 Å². The first-order chi connectivity index (χ1) is 5.70. The Hall–Kier alpha value is -0.830. The lowest BCUT2D eigenvalue weighted by molar-refractivity contribution is 1.11. The molecule has 0 bridgehead atoms. The van der Waals surface area contributed by atoms with Gasteiger partial charge in [-0.2, -0.15) is 5.10 Å². The summed E-state index contributed by atoms with van der Waals surface area (Å²) in [5.74, 6) is 0. The van der Waals surface area contributed by atoms with Gasteiger partial charge in [-0.05, 0) is 40.9 Å². The monoisotopic (exact) mass is 224 g/mol. The standard InChI is InChI=1S/C9H9BrN2/c1-5-3-6(2)9-7(8(5)10)4-11-12-9/h3-4H,1-2H3,(H,11,12). The Morgan fingerprint density at radius 3 is 2.83 bits per heavy atom. The second kappa shape index (κ2) is 2.59. The largest absolute Gasteiger partial charge is 0.278 e. The maximum atomic E-state index is 4.01. The molecule has 0 saturated carbocycles. The molecule has 0 atom stereocenters. The minimum Gasteiger partial charge on any atom is -0.278 e. The third kappa shape index (κ3) is 0.966. The number of hydrogen-bond donors (Lipinski definition) is 1. The molecular weight excluding hydrogens is 216 g/mol. The van der Waals surface area contributed by atoms with Crippen molar-refractivity contribution in [1.29, 1.82) is 0 Å². The van der Waals surface area contributed by atoms with E-state index in [2.05, 4.69) is 46.0 Å². The SMILES string of the molecule is Cc1cc(C)c2[nH]ncc2c1Br. The molecule has 2 rings (SSSR count). The number of fused-ring (bicyclic) bond motifs is 1. The molecule has 3 heteroatoms. The maximum absolute atomic E-state index is 4.01. The Bertz CT molecular complexity index is 431. The molecule has 0 unspecified atom stereocenters. The third-order valence-corrected chi connectivity index (χ3v) is 3.10. The summed E-state index contributed by atoms with van der Waals surface area (Å²) in [6, 6.07) is 2.14. The first-order valence-electron chi connectivity index (χ1n) is 3.79. The fourth-order valence-corrected chi connectivity index (χ4v) is 1.84. The number of nitrogens with one attached hydrogen (secondary N) is 1. The maximum Gasteiger partial charge on any atom is 0.0691 e. The average Bonchev–Trinajstić information content (AvgIpc) is 2.48. The van der Waals surface area contributed by atoms with Crippen LogP contribution in [0.2, 0.25) is 0 Å². The van der Waals surface area contributed by atoms with Crippen LogP contribution in [0.4, 0.5) is 0 Å². The summed E-state index contributed by atoms with van der Waals surface area (Å²) in [6.07, 6.45) is 1.85. The molecule has 1 heterocycles. The number of rotatable bonds is 0. The van der Waals surface area contributed by atoms with Gasteiger partial charge in [-0.3, -0.25) is 5.10 Å². The van der Waals surface area contributed by atoms with Gasteiger partial charge in [-0.15, -0.1) is 0 Å². The number of aromatic amines is 1. The van der Waals surface area contributed by atoms with Crippen LogP contribution < -0.4 is 0 Å². The van der Waals surface area contributed by atoms with E-state index >= 15 is 0 Å². The summed E-state index contributed by atoms with van der Waals surface area (Å²) in [6.45, 7) is 4.17. The predicted molar refractivity (Wildman–Crippen MR) is 53.3 cm³/mol. The molecule has 1 aromatic heterocycles. The van der Waals surface area contributed by atoms with E-state index < -0.39 is 0 Å². The normalized spacial score (nSPS) is 10.9. The van der Waals surface area contributed by atoms with Crippen molar-refractivity contribution in [2.45, 2.75) is 13.8 Å². The molecule has 0 spiro atoms. The van der Waals surface area contributed by atoms with Gasteiger partial charge in [0.1, 0.15) is 0 Å². The molecule has 1 N–H and O–H groups in total. The van der Waals surface area contributed by atoms with E-state index in [-0.39, 0.29) is 0 Å². The smallest absolute Gasteiger partial charge is 0.0691 e. The van der Waals surface area contributed by atoms with Crippen LogP contribution in [0, 0.1) is 13.8 Å². The lowest BCUT2D eigenvalue weighted by atomic mass is 10.1. The minimum absolute atomic E-state index is 1.12. The molecule has 0 amide bonds. The van der Waals surface area contributed by atoms with Gasteiger partial charge in [0, 0.05) is 9.86 Å². The number of aryl methyl sites for hydroxylation is 2. The van der Waals surface area contributed by atoms with Gasteiger partial charge < -0.3 is 0 Å². The Labute approximate surface area is 79.1 Å².